The molecule has 1 atom stereocenters. The van der Waals surface area contributed by atoms with Gasteiger partial charge in [0.25, 0.3) is 0 Å². The second kappa shape index (κ2) is 7.98. The third kappa shape index (κ3) is 4.32. The van der Waals surface area contributed by atoms with Crippen molar-refractivity contribution in [2.24, 2.45) is 5.92 Å². The molecule has 1 saturated heterocycles. The minimum atomic E-state index is -3.60. The molecular weight excluding hydrogens is 366 g/mol. The Kier molecular flexibility index (Phi) is 5.86. The maximum absolute atomic E-state index is 13.0. The van der Waals surface area contributed by atoms with Crippen molar-refractivity contribution < 1.29 is 18.0 Å². The van der Waals surface area contributed by atoms with Gasteiger partial charge in [0, 0.05) is 37.2 Å². The summed E-state index contributed by atoms with van der Waals surface area (Å²) in [5, 5.41) is 5.75. The number of anilines is 1. The van der Waals surface area contributed by atoms with Crippen molar-refractivity contribution in [1.82, 2.24) is 9.62 Å². The number of carbonyl (C=O) groups is 2. The van der Waals surface area contributed by atoms with Crippen molar-refractivity contribution in [3.8, 4) is 0 Å². The number of nitrogens with zero attached hydrogens (tertiary/aromatic N) is 1. The van der Waals surface area contributed by atoms with E-state index in [4.69, 9.17) is 0 Å². The first-order valence-corrected chi connectivity index (χ1v) is 11.0. The highest BCUT2D eigenvalue weighted by Crippen LogP contribution is 2.29. The van der Waals surface area contributed by atoms with Gasteiger partial charge in [0.15, 0.2) is 0 Å². The number of benzene rings is 1. The van der Waals surface area contributed by atoms with Gasteiger partial charge in [-0.3, -0.25) is 9.59 Å². The third-order valence-electron chi connectivity index (χ3n) is 5.44. The van der Waals surface area contributed by atoms with Crippen LogP contribution in [-0.4, -0.2) is 43.7 Å². The van der Waals surface area contributed by atoms with Gasteiger partial charge in [0.1, 0.15) is 0 Å². The summed E-state index contributed by atoms with van der Waals surface area (Å²) in [6, 6.07) is 4.99. The Labute approximate surface area is 160 Å². The highest BCUT2D eigenvalue weighted by molar-refractivity contribution is 7.89. The molecule has 0 saturated carbocycles. The van der Waals surface area contributed by atoms with Crippen LogP contribution < -0.4 is 10.6 Å². The van der Waals surface area contributed by atoms with E-state index in [2.05, 4.69) is 10.6 Å². The van der Waals surface area contributed by atoms with Crippen molar-refractivity contribution in [1.29, 1.82) is 0 Å². The summed E-state index contributed by atoms with van der Waals surface area (Å²) in [6.07, 6.45) is 2.85. The lowest BCUT2D eigenvalue weighted by atomic mass is 9.97. The zero-order valence-corrected chi connectivity index (χ0v) is 16.6. The molecule has 0 aliphatic carbocycles. The largest absolute Gasteiger partial charge is 0.353 e. The summed E-state index contributed by atoms with van der Waals surface area (Å²) < 4.78 is 27.4. The summed E-state index contributed by atoms with van der Waals surface area (Å²) in [7, 11) is -3.60. The molecule has 0 radical (unpaired) electrons. The Morgan fingerprint density at radius 2 is 2.00 bits per heavy atom. The maximum atomic E-state index is 13.0. The number of hydrogen-bond donors (Lipinski definition) is 2. The maximum Gasteiger partial charge on any atom is 0.243 e. The predicted octanol–water partition coefficient (Wildman–Crippen LogP) is 1.89. The molecule has 1 aromatic rings. The lowest BCUT2D eigenvalue weighted by Gasteiger charge is -2.31. The molecular formula is C19H27N3O4S. The molecule has 0 aromatic heterocycles. The Hall–Kier alpha value is -1.93. The number of fused-ring (bicyclic) bond motifs is 1. The van der Waals surface area contributed by atoms with Crippen LogP contribution in [0.5, 0.6) is 0 Å². The van der Waals surface area contributed by atoms with Crippen molar-refractivity contribution in [2.45, 2.75) is 56.9 Å². The zero-order chi connectivity index (χ0) is 19.6. The van der Waals surface area contributed by atoms with Gasteiger partial charge >= 0.3 is 0 Å². The molecule has 0 bridgehead atoms. The lowest BCUT2D eigenvalue weighted by molar-refractivity contribution is -0.126. The molecule has 7 nitrogen and oxygen atoms in total. The van der Waals surface area contributed by atoms with Gasteiger partial charge in [0.05, 0.1) is 4.90 Å². The molecule has 2 heterocycles. The van der Waals surface area contributed by atoms with Gasteiger partial charge in [-0.1, -0.05) is 6.92 Å². The number of sulfonamides is 1. The molecule has 1 fully saturated rings. The quantitative estimate of drug-likeness (QED) is 0.798. The first kappa shape index (κ1) is 19.8. The second-order valence-electron chi connectivity index (χ2n) is 7.36. The van der Waals surface area contributed by atoms with E-state index in [1.807, 2.05) is 13.8 Å². The van der Waals surface area contributed by atoms with Crippen LogP contribution in [0.4, 0.5) is 5.69 Å². The number of piperidine rings is 1. The molecule has 1 aromatic carbocycles. The molecule has 148 valence electrons. The van der Waals surface area contributed by atoms with E-state index < -0.39 is 10.0 Å². The van der Waals surface area contributed by atoms with Gasteiger partial charge in [-0.2, -0.15) is 4.31 Å². The lowest BCUT2D eigenvalue weighted by Crippen LogP contribution is -2.44. The highest BCUT2D eigenvalue weighted by atomic mass is 32.2. The van der Waals surface area contributed by atoms with Crippen molar-refractivity contribution in [2.75, 3.05) is 18.4 Å². The molecule has 2 N–H and O–H groups in total. The zero-order valence-electron chi connectivity index (χ0n) is 15.8. The van der Waals surface area contributed by atoms with Crippen LogP contribution in [0.25, 0.3) is 0 Å². The summed E-state index contributed by atoms with van der Waals surface area (Å²) in [4.78, 5) is 24.0. The van der Waals surface area contributed by atoms with Gasteiger partial charge in [-0.25, -0.2) is 8.42 Å². The van der Waals surface area contributed by atoms with E-state index in [9.17, 15) is 18.0 Å². The average Bonchev–Trinajstić information content (AvgIpc) is 2.67. The van der Waals surface area contributed by atoms with E-state index in [0.29, 0.717) is 44.5 Å². The van der Waals surface area contributed by atoms with Crippen molar-refractivity contribution in [3.63, 3.8) is 0 Å². The van der Waals surface area contributed by atoms with Crippen LogP contribution in [0.2, 0.25) is 0 Å². The molecule has 2 aliphatic rings. The third-order valence-corrected chi connectivity index (χ3v) is 7.33. The number of aryl methyl sites for hydroxylation is 1. The molecule has 27 heavy (non-hydrogen) atoms. The topological polar surface area (TPSA) is 95.6 Å². The molecule has 0 spiro atoms. The van der Waals surface area contributed by atoms with Crippen LogP contribution in [-0.2, 0) is 26.0 Å². The van der Waals surface area contributed by atoms with E-state index in [-0.39, 0.29) is 28.7 Å². The summed E-state index contributed by atoms with van der Waals surface area (Å²) in [6.45, 7) is 4.67. The number of amides is 2. The summed E-state index contributed by atoms with van der Waals surface area (Å²) in [5.74, 6) is -0.161. The van der Waals surface area contributed by atoms with Crippen molar-refractivity contribution >= 4 is 27.5 Å². The molecule has 3 rings (SSSR count). The van der Waals surface area contributed by atoms with Gasteiger partial charge in [0.2, 0.25) is 21.8 Å². The number of nitrogens with one attached hydrogen (secondary N) is 2. The van der Waals surface area contributed by atoms with Gasteiger partial charge in [-0.15, -0.1) is 0 Å². The van der Waals surface area contributed by atoms with E-state index in [1.165, 1.54) is 4.31 Å². The van der Waals surface area contributed by atoms with Crippen molar-refractivity contribution in [3.05, 3.63) is 23.8 Å². The fourth-order valence-corrected chi connectivity index (χ4v) is 5.01. The Bertz CT molecular complexity index is 829. The standard InChI is InChI=1S/C19H27N3O4S/c1-3-13(2)20-19(24)14-8-10-22(11-9-14)27(25,26)16-5-6-17-15(12-16)4-7-18(23)21-17/h5-6,12-14H,3-4,7-11H2,1-2H3,(H,20,24)(H,21,23). The molecule has 8 heteroatoms. The Balaban J connectivity index is 1.67. The smallest absolute Gasteiger partial charge is 0.243 e. The predicted molar refractivity (Wildman–Crippen MR) is 103 cm³/mol. The first-order chi connectivity index (χ1) is 12.8. The fraction of sp³-hybridized carbons (Fsp3) is 0.579. The van der Waals surface area contributed by atoms with Crippen LogP contribution in [0.3, 0.4) is 0 Å². The minimum absolute atomic E-state index is 0.0194. The van der Waals surface area contributed by atoms with Crippen LogP contribution in [0, 0.1) is 5.92 Å². The summed E-state index contributed by atoms with van der Waals surface area (Å²) in [5.41, 5.74) is 1.53. The fourth-order valence-electron chi connectivity index (χ4n) is 3.49. The number of carbonyl (C=O) groups excluding carboxylic acids is 2. The van der Waals surface area contributed by atoms with Crippen LogP contribution in [0.15, 0.2) is 23.1 Å². The van der Waals surface area contributed by atoms with E-state index in [1.54, 1.807) is 18.2 Å². The summed E-state index contributed by atoms with van der Waals surface area (Å²) >= 11 is 0. The monoisotopic (exact) mass is 393 g/mol. The average molecular weight is 394 g/mol. The number of rotatable bonds is 5. The normalized spacial score (nSPS) is 19.9. The molecule has 1 unspecified atom stereocenters. The SMILES string of the molecule is CCC(C)NC(=O)C1CCN(S(=O)(=O)c2ccc3c(c2)CCC(=O)N3)CC1. The van der Waals surface area contributed by atoms with E-state index >= 15 is 0 Å². The highest BCUT2D eigenvalue weighted by Gasteiger charge is 2.32. The Morgan fingerprint density at radius 1 is 1.30 bits per heavy atom. The molecule has 2 amide bonds. The van der Waals surface area contributed by atoms with Gasteiger partial charge in [-0.05, 0) is 56.4 Å². The molecule has 2 aliphatic heterocycles. The number of hydrogen-bond acceptors (Lipinski definition) is 4. The Morgan fingerprint density at radius 3 is 2.67 bits per heavy atom. The minimum Gasteiger partial charge on any atom is -0.353 e. The van der Waals surface area contributed by atoms with E-state index in [0.717, 1.165) is 12.0 Å². The van der Waals surface area contributed by atoms with Crippen LogP contribution in [0.1, 0.15) is 45.1 Å². The van der Waals surface area contributed by atoms with Gasteiger partial charge < -0.3 is 10.6 Å². The second-order valence-corrected chi connectivity index (χ2v) is 9.30. The van der Waals surface area contributed by atoms with Crippen LogP contribution >= 0.6 is 0 Å². The first-order valence-electron chi connectivity index (χ1n) is 9.54.